The Hall–Kier alpha value is -1.55. The Kier molecular flexibility index (Phi) is 6.52. The number of rotatable bonds is 8. The fourth-order valence-electron chi connectivity index (χ4n) is 1.77. The van der Waals surface area contributed by atoms with E-state index in [1.807, 2.05) is 20.8 Å². The highest BCUT2D eigenvalue weighted by molar-refractivity contribution is 5.94. The molecule has 0 aliphatic rings. The summed E-state index contributed by atoms with van der Waals surface area (Å²) >= 11 is 0. The van der Waals surface area contributed by atoms with E-state index < -0.39 is 5.60 Å². The number of carbonyl (C=O) groups is 1. The van der Waals surface area contributed by atoms with Crippen molar-refractivity contribution in [3.05, 3.63) is 29.8 Å². The molecular weight excluding hydrogens is 254 g/mol. The topological polar surface area (TPSA) is 58.6 Å². The van der Waals surface area contributed by atoms with Crippen LogP contribution in [0, 0.1) is 0 Å². The van der Waals surface area contributed by atoms with Crippen LogP contribution >= 0.6 is 0 Å². The van der Waals surface area contributed by atoms with Gasteiger partial charge in [0.1, 0.15) is 5.75 Å². The Balaban J connectivity index is 2.55. The van der Waals surface area contributed by atoms with Crippen LogP contribution in [0.5, 0.6) is 5.75 Å². The SMILES string of the molecule is CCCOc1ccc(C(=O)NCC(O)(CC)CC)cc1. The summed E-state index contributed by atoms with van der Waals surface area (Å²) in [5, 5.41) is 12.9. The van der Waals surface area contributed by atoms with Gasteiger partial charge in [0.05, 0.1) is 12.2 Å². The van der Waals surface area contributed by atoms with E-state index in [1.165, 1.54) is 0 Å². The molecule has 0 radical (unpaired) electrons. The van der Waals surface area contributed by atoms with E-state index in [0.717, 1.165) is 12.2 Å². The number of nitrogens with one attached hydrogen (secondary N) is 1. The summed E-state index contributed by atoms with van der Waals surface area (Å²) in [6, 6.07) is 7.04. The molecule has 1 rings (SSSR count). The Morgan fingerprint density at radius 1 is 1.20 bits per heavy atom. The highest BCUT2D eigenvalue weighted by Gasteiger charge is 2.22. The molecule has 1 aromatic carbocycles. The van der Waals surface area contributed by atoms with Gasteiger partial charge in [-0.2, -0.15) is 0 Å². The van der Waals surface area contributed by atoms with Crippen LogP contribution in [0.1, 0.15) is 50.4 Å². The van der Waals surface area contributed by atoms with Gasteiger partial charge in [-0.15, -0.1) is 0 Å². The van der Waals surface area contributed by atoms with Crippen LogP contribution in [-0.4, -0.2) is 29.8 Å². The molecule has 1 amide bonds. The number of hydrogen-bond donors (Lipinski definition) is 2. The quantitative estimate of drug-likeness (QED) is 0.769. The van der Waals surface area contributed by atoms with Gasteiger partial charge in [-0.25, -0.2) is 0 Å². The van der Waals surface area contributed by atoms with Gasteiger partial charge in [0, 0.05) is 12.1 Å². The minimum absolute atomic E-state index is 0.174. The summed E-state index contributed by atoms with van der Waals surface area (Å²) in [5.41, 5.74) is -0.247. The molecule has 4 nitrogen and oxygen atoms in total. The van der Waals surface area contributed by atoms with Crippen molar-refractivity contribution in [3.63, 3.8) is 0 Å². The van der Waals surface area contributed by atoms with Gasteiger partial charge < -0.3 is 15.2 Å². The molecule has 0 heterocycles. The first-order chi connectivity index (χ1) is 9.54. The fourth-order valence-corrected chi connectivity index (χ4v) is 1.77. The van der Waals surface area contributed by atoms with Crippen LogP contribution in [0.2, 0.25) is 0 Å². The van der Waals surface area contributed by atoms with Crippen LogP contribution in [0.25, 0.3) is 0 Å². The molecule has 0 bridgehead atoms. The standard InChI is InChI=1S/C16H25NO3/c1-4-11-20-14-9-7-13(8-10-14)15(18)17-12-16(19,5-2)6-3/h7-10,19H,4-6,11-12H2,1-3H3,(H,17,18). The van der Waals surface area contributed by atoms with Crippen molar-refractivity contribution in [1.29, 1.82) is 0 Å². The Labute approximate surface area is 121 Å². The average Bonchev–Trinajstić information content (AvgIpc) is 2.50. The van der Waals surface area contributed by atoms with Gasteiger partial charge in [0.15, 0.2) is 0 Å². The van der Waals surface area contributed by atoms with E-state index >= 15 is 0 Å². The lowest BCUT2D eigenvalue weighted by molar-refractivity contribution is 0.0314. The summed E-state index contributed by atoms with van der Waals surface area (Å²) in [5.74, 6) is 0.592. The third-order valence-corrected chi connectivity index (χ3v) is 3.48. The molecule has 2 N–H and O–H groups in total. The largest absolute Gasteiger partial charge is 0.494 e. The number of amides is 1. The zero-order chi connectivity index (χ0) is 15.0. The fraction of sp³-hybridized carbons (Fsp3) is 0.562. The van der Waals surface area contributed by atoms with Crippen molar-refractivity contribution >= 4 is 5.91 Å². The number of hydrogen-bond acceptors (Lipinski definition) is 3. The molecule has 0 spiro atoms. The van der Waals surface area contributed by atoms with Gasteiger partial charge in [-0.3, -0.25) is 4.79 Å². The zero-order valence-corrected chi connectivity index (χ0v) is 12.6. The molecule has 0 aliphatic carbocycles. The van der Waals surface area contributed by atoms with E-state index in [1.54, 1.807) is 24.3 Å². The lowest BCUT2D eigenvalue weighted by Gasteiger charge is -2.25. The molecule has 1 aromatic rings. The molecule has 0 saturated carbocycles. The molecule has 4 heteroatoms. The first-order valence-electron chi connectivity index (χ1n) is 7.28. The molecule has 0 saturated heterocycles. The Bertz CT molecular complexity index is 410. The minimum Gasteiger partial charge on any atom is -0.494 e. The van der Waals surface area contributed by atoms with E-state index in [0.29, 0.717) is 25.0 Å². The van der Waals surface area contributed by atoms with Crippen molar-refractivity contribution in [2.24, 2.45) is 0 Å². The summed E-state index contributed by atoms with van der Waals surface area (Å²) in [4.78, 5) is 12.0. The Morgan fingerprint density at radius 2 is 1.80 bits per heavy atom. The van der Waals surface area contributed by atoms with Crippen molar-refractivity contribution in [2.45, 2.75) is 45.6 Å². The lowest BCUT2D eigenvalue weighted by atomic mass is 9.97. The second-order valence-corrected chi connectivity index (χ2v) is 4.99. The highest BCUT2D eigenvalue weighted by atomic mass is 16.5. The third-order valence-electron chi connectivity index (χ3n) is 3.48. The van der Waals surface area contributed by atoms with Crippen LogP contribution in [0.15, 0.2) is 24.3 Å². The number of carbonyl (C=O) groups excluding carboxylic acids is 1. The second-order valence-electron chi connectivity index (χ2n) is 4.99. The number of benzene rings is 1. The Morgan fingerprint density at radius 3 is 2.30 bits per heavy atom. The van der Waals surface area contributed by atoms with Crippen molar-refractivity contribution in [1.82, 2.24) is 5.32 Å². The summed E-state index contributed by atoms with van der Waals surface area (Å²) in [7, 11) is 0. The van der Waals surface area contributed by atoms with Gasteiger partial charge >= 0.3 is 0 Å². The summed E-state index contributed by atoms with van der Waals surface area (Å²) < 4.78 is 5.47. The second kappa shape index (κ2) is 7.90. The van der Waals surface area contributed by atoms with Crippen LogP contribution in [-0.2, 0) is 0 Å². The highest BCUT2D eigenvalue weighted by Crippen LogP contribution is 2.15. The zero-order valence-electron chi connectivity index (χ0n) is 12.6. The van der Waals surface area contributed by atoms with Crippen molar-refractivity contribution in [2.75, 3.05) is 13.2 Å². The smallest absolute Gasteiger partial charge is 0.251 e. The third kappa shape index (κ3) is 4.85. The van der Waals surface area contributed by atoms with Gasteiger partial charge in [-0.05, 0) is 43.5 Å². The molecule has 112 valence electrons. The number of aliphatic hydroxyl groups is 1. The molecular formula is C16H25NO3. The first kappa shape index (κ1) is 16.5. The van der Waals surface area contributed by atoms with Crippen molar-refractivity contribution < 1.29 is 14.6 Å². The molecule has 0 aromatic heterocycles. The predicted molar refractivity (Wildman–Crippen MR) is 80.1 cm³/mol. The van der Waals surface area contributed by atoms with Gasteiger partial charge in [0.25, 0.3) is 5.91 Å². The van der Waals surface area contributed by atoms with Crippen LogP contribution in [0.3, 0.4) is 0 Å². The maximum absolute atomic E-state index is 12.0. The van der Waals surface area contributed by atoms with E-state index in [-0.39, 0.29) is 12.5 Å². The summed E-state index contributed by atoms with van der Waals surface area (Å²) in [6.07, 6.45) is 2.19. The molecule has 0 unspecified atom stereocenters. The maximum Gasteiger partial charge on any atom is 0.251 e. The molecule has 0 aliphatic heterocycles. The van der Waals surface area contributed by atoms with Crippen LogP contribution in [0.4, 0.5) is 0 Å². The van der Waals surface area contributed by atoms with Gasteiger partial charge in [0.2, 0.25) is 0 Å². The normalized spacial score (nSPS) is 11.2. The molecule has 0 fully saturated rings. The monoisotopic (exact) mass is 279 g/mol. The molecule has 20 heavy (non-hydrogen) atoms. The van der Waals surface area contributed by atoms with E-state index in [4.69, 9.17) is 4.74 Å². The van der Waals surface area contributed by atoms with E-state index in [2.05, 4.69) is 5.32 Å². The van der Waals surface area contributed by atoms with E-state index in [9.17, 15) is 9.90 Å². The minimum atomic E-state index is -0.820. The van der Waals surface area contributed by atoms with Gasteiger partial charge in [-0.1, -0.05) is 20.8 Å². The number of ether oxygens (including phenoxy) is 1. The molecule has 0 atom stereocenters. The summed E-state index contributed by atoms with van der Waals surface area (Å²) in [6.45, 7) is 6.81. The predicted octanol–water partition coefficient (Wildman–Crippen LogP) is 2.76. The van der Waals surface area contributed by atoms with Crippen molar-refractivity contribution in [3.8, 4) is 5.75 Å². The average molecular weight is 279 g/mol. The van der Waals surface area contributed by atoms with Crippen LogP contribution < -0.4 is 10.1 Å². The maximum atomic E-state index is 12.0. The lowest BCUT2D eigenvalue weighted by Crippen LogP contribution is -2.42. The first-order valence-corrected chi connectivity index (χ1v) is 7.28.